The minimum atomic E-state index is 0. The quantitative estimate of drug-likeness (QED) is 0.724. The largest absolute Gasteiger partial charge is 0.493 e. The van der Waals surface area contributed by atoms with Gasteiger partial charge in [-0.3, -0.25) is 4.79 Å². The van der Waals surface area contributed by atoms with E-state index in [9.17, 15) is 4.79 Å². The maximum atomic E-state index is 11.3. The fourth-order valence-corrected chi connectivity index (χ4v) is 1.83. The van der Waals surface area contributed by atoms with Crippen molar-refractivity contribution in [1.29, 1.82) is 0 Å². The van der Waals surface area contributed by atoms with Gasteiger partial charge in [0.05, 0.1) is 6.61 Å². The first-order valence-electron chi connectivity index (χ1n) is 6.49. The van der Waals surface area contributed by atoms with Crippen LogP contribution in [0.15, 0.2) is 18.2 Å². The highest BCUT2D eigenvalue weighted by Crippen LogP contribution is 2.21. The Labute approximate surface area is 131 Å². The number of ether oxygens (including phenoxy) is 1. The molecule has 0 saturated carbocycles. The van der Waals surface area contributed by atoms with Crippen molar-refractivity contribution in [3.8, 4) is 5.75 Å². The molecule has 4 nitrogen and oxygen atoms in total. The van der Waals surface area contributed by atoms with Gasteiger partial charge >= 0.3 is 0 Å². The predicted molar refractivity (Wildman–Crippen MR) is 84.8 cm³/mol. The van der Waals surface area contributed by atoms with Crippen molar-refractivity contribution in [2.75, 3.05) is 19.7 Å². The number of amides is 1. The fraction of sp³-hybridized carbons (Fsp3) is 0.500. The second-order valence-corrected chi connectivity index (χ2v) is 4.79. The van der Waals surface area contributed by atoms with Crippen LogP contribution in [0.5, 0.6) is 5.75 Å². The van der Waals surface area contributed by atoms with Crippen LogP contribution in [0.25, 0.3) is 0 Å². The van der Waals surface area contributed by atoms with Gasteiger partial charge in [-0.2, -0.15) is 0 Å². The molecule has 0 aliphatic rings. The van der Waals surface area contributed by atoms with Crippen molar-refractivity contribution < 1.29 is 9.53 Å². The number of nitrogens with two attached hydrogens (primary N) is 1. The van der Waals surface area contributed by atoms with Gasteiger partial charge in [0.2, 0.25) is 5.91 Å². The first kappa shape index (κ1) is 19.0. The zero-order valence-electron chi connectivity index (χ0n) is 11.7. The van der Waals surface area contributed by atoms with Crippen LogP contribution < -0.4 is 15.8 Å². The van der Waals surface area contributed by atoms with Gasteiger partial charge in [0.1, 0.15) is 5.75 Å². The van der Waals surface area contributed by atoms with Gasteiger partial charge in [-0.15, -0.1) is 12.4 Å². The lowest BCUT2D eigenvalue weighted by molar-refractivity contribution is -0.121. The summed E-state index contributed by atoms with van der Waals surface area (Å²) >= 11 is 5.87. The lowest BCUT2D eigenvalue weighted by Crippen LogP contribution is -2.25. The molecule has 114 valence electrons. The Balaban J connectivity index is 0.00000361. The van der Waals surface area contributed by atoms with Gasteiger partial charge in [0.15, 0.2) is 0 Å². The summed E-state index contributed by atoms with van der Waals surface area (Å²) in [7, 11) is 0. The average molecular weight is 321 g/mol. The van der Waals surface area contributed by atoms with Gasteiger partial charge in [-0.05, 0) is 50.1 Å². The molecule has 0 spiro atoms. The van der Waals surface area contributed by atoms with E-state index >= 15 is 0 Å². The fourth-order valence-electron chi connectivity index (χ4n) is 1.61. The molecule has 0 unspecified atom stereocenters. The third-order valence-electron chi connectivity index (χ3n) is 2.65. The van der Waals surface area contributed by atoms with E-state index in [0.29, 0.717) is 31.1 Å². The Morgan fingerprint density at radius 3 is 2.80 bits per heavy atom. The van der Waals surface area contributed by atoms with Crippen molar-refractivity contribution >= 4 is 29.9 Å². The minimum Gasteiger partial charge on any atom is -0.493 e. The molecule has 0 aliphatic carbocycles. The normalized spacial score (nSPS) is 9.75. The highest BCUT2D eigenvalue weighted by molar-refractivity contribution is 6.30. The summed E-state index contributed by atoms with van der Waals surface area (Å²) in [6.45, 7) is 3.69. The monoisotopic (exact) mass is 320 g/mol. The van der Waals surface area contributed by atoms with Crippen molar-refractivity contribution in [3.05, 3.63) is 28.8 Å². The van der Waals surface area contributed by atoms with Crippen LogP contribution in [0.2, 0.25) is 5.02 Å². The molecule has 1 aromatic rings. The van der Waals surface area contributed by atoms with E-state index in [0.717, 1.165) is 24.2 Å². The molecular weight excluding hydrogens is 299 g/mol. The number of halogens is 2. The molecule has 0 atom stereocenters. The molecule has 3 N–H and O–H groups in total. The smallest absolute Gasteiger partial charge is 0.220 e. The topological polar surface area (TPSA) is 64.3 Å². The van der Waals surface area contributed by atoms with Crippen molar-refractivity contribution in [3.63, 3.8) is 0 Å². The van der Waals surface area contributed by atoms with Gasteiger partial charge in [-0.25, -0.2) is 0 Å². The zero-order chi connectivity index (χ0) is 14.1. The van der Waals surface area contributed by atoms with Gasteiger partial charge < -0.3 is 15.8 Å². The van der Waals surface area contributed by atoms with Crippen LogP contribution in [0.1, 0.15) is 24.8 Å². The lowest BCUT2D eigenvalue weighted by Gasteiger charge is -2.09. The molecule has 0 radical (unpaired) electrons. The summed E-state index contributed by atoms with van der Waals surface area (Å²) in [5.41, 5.74) is 6.35. The number of carbonyl (C=O) groups is 1. The van der Waals surface area contributed by atoms with E-state index in [-0.39, 0.29) is 18.3 Å². The Hall–Kier alpha value is -0.970. The molecule has 0 bridgehead atoms. The molecular formula is C14H22Cl2N2O2. The van der Waals surface area contributed by atoms with Crippen LogP contribution >= 0.6 is 24.0 Å². The van der Waals surface area contributed by atoms with Crippen LogP contribution in [-0.2, 0) is 4.79 Å². The summed E-state index contributed by atoms with van der Waals surface area (Å²) in [5.74, 6) is 0.881. The molecule has 0 fully saturated rings. The summed E-state index contributed by atoms with van der Waals surface area (Å²) in [4.78, 5) is 11.3. The standard InChI is InChI=1S/C14H21ClN2O2.ClH/c1-11-10-12(15)5-6-13(11)19-9-3-8-17-14(18)4-2-7-16;/h5-6,10H,2-4,7-9,16H2,1H3,(H,17,18);1H. The number of rotatable bonds is 8. The summed E-state index contributed by atoms with van der Waals surface area (Å²) < 4.78 is 5.62. The van der Waals surface area contributed by atoms with Crippen molar-refractivity contribution in [1.82, 2.24) is 5.32 Å². The summed E-state index contributed by atoms with van der Waals surface area (Å²) in [6, 6.07) is 5.53. The molecule has 20 heavy (non-hydrogen) atoms. The second kappa shape index (κ2) is 10.8. The number of carbonyl (C=O) groups excluding carboxylic acids is 1. The van der Waals surface area contributed by atoms with E-state index in [1.54, 1.807) is 6.07 Å². The molecule has 0 saturated heterocycles. The number of nitrogens with one attached hydrogen (secondary N) is 1. The van der Waals surface area contributed by atoms with Crippen molar-refractivity contribution in [2.24, 2.45) is 5.73 Å². The number of hydrogen-bond donors (Lipinski definition) is 2. The van der Waals surface area contributed by atoms with E-state index in [2.05, 4.69) is 5.32 Å². The van der Waals surface area contributed by atoms with Crippen LogP contribution in [-0.4, -0.2) is 25.6 Å². The summed E-state index contributed by atoms with van der Waals surface area (Å²) in [6.07, 6.45) is 2.00. The van der Waals surface area contributed by atoms with Crippen LogP contribution in [0.3, 0.4) is 0 Å². The minimum absolute atomic E-state index is 0. The molecule has 1 aromatic carbocycles. The van der Waals surface area contributed by atoms with E-state index < -0.39 is 0 Å². The molecule has 6 heteroatoms. The van der Waals surface area contributed by atoms with Crippen LogP contribution in [0.4, 0.5) is 0 Å². The predicted octanol–water partition coefficient (Wildman–Crippen LogP) is 2.69. The zero-order valence-corrected chi connectivity index (χ0v) is 13.2. The van der Waals surface area contributed by atoms with Gasteiger partial charge in [0.25, 0.3) is 0 Å². The Morgan fingerprint density at radius 1 is 1.40 bits per heavy atom. The van der Waals surface area contributed by atoms with Gasteiger partial charge in [0, 0.05) is 18.0 Å². The Kier molecular flexibility index (Phi) is 10.3. The average Bonchev–Trinajstić information content (AvgIpc) is 2.38. The van der Waals surface area contributed by atoms with E-state index in [1.807, 2.05) is 19.1 Å². The van der Waals surface area contributed by atoms with Crippen molar-refractivity contribution in [2.45, 2.75) is 26.2 Å². The maximum Gasteiger partial charge on any atom is 0.220 e. The highest BCUT2D eigenvalue weighted by Gasteiger charge is 2.01. The highest BCUT2D eigenvalue weighted by atomic mass is 35.5. The molecule has 0 aromatic heterocycles. The Bertz CT molecular complexity index is 414. The lowest BCUT2D eigenvalue weighted by atomic mass is 10.2. The third-order valence-corrected chi connectivity index (χ3v) is 2.88. The van der Waals surface area contributed by atoms with Gasteiger partial charge in [-0.1, -0.05) is 11.6 Å². The molecule has 1 rings (SSSR count). The van der Waals surface area contributed by atoms with E-state index in [1.165, 1.54) is 0 Å². The SMILES string of the molecule is Cc1cc(Cl)ccc1OCCCNC(=O)CCCN.Cl. The molecule has 0 heterocycles. The third kappa shape index (κ3) is 7.58. The summed E-state index contributed by atoms with van der Waals surface area (Å²) in [5, 5.41) is 3.54. The van der Waals surface area contributed by atoms with E-state index in [4.69, 9.17) is 22.1 Å². The Morgan fingerprint density at radius 2 is 2.15 bits per heavy atom. The first-order chi connectivity index (χ1) is 9.13. The number of hydrogen-bond acceptors (Lipinski definition) is 3. The molecule has 0 aliphatic heterocycles. The number of benzene rings is 1. The maximum absolute atomic E-state index is 11.3. The number of aryl methyl sites for hydroxylation is 1. The first-order valence-corrected chi connectivity index (χ1v) is 6.87. The second-order valence-electron chi connectivity index (χ2n) is 4.35. The van der Waals surface area contributed by atoms with Crippen LogP contribution in [0, 0.1) is 6.92 Å². The molecule has 1 amide bonds.